The van der Waals surface area contributed by atoms with Crippen molar-refractivity contribution in [1.29, 1.82) is 0 Å². The Morgan fingerprint density at radius 2 is 1.76 bits per heavy atom. The van der Waals surface area contributed by atoms with E-state index < -0.39 is 23.2 Å². The summed E-state index contributed by atoms with van der Waals surface area (Å²) >= 11 is 0. The van der Waals surface area contributed by atoms with E-state index in [4.69, 9.17) is 4.74 Å². The predicted molar refractivity (Wildman–Crippen MR) is 131 cm³/mol. The number of rotatable bonds is 5. The van der Waals surface area contributed by atoms with Gasteiger partial charge in [0, 0.05) is 11.3 Å². The topological polar surface area (TPSA) is 90.3 Å². The van der Waals surface area contributed by atoms with Gasteiger partial charge in [0.2, 0.25) is 0 Å². The molecule has 1 heterocycles. The molecule has 0 bridgehead atoms. The molecule has 0 spiro atoms. The van der Waals surface area contributed by atoms with Crippen LogP contribution in [0.25, 0.3) is 0 Å². The van der Waals surface area contributed by atoms with Crippen LogP contribution in [-0.2, 0) is 9.53 Å². The lowest BCUT2D eigenvalue weighted by Crippen LogP contribution is -2.61. The molecule has 3 N–H and O–H groups in total. The van der Waals surface area contributed by atoms with Gasteiger partial charge in [0.15, 0.2) is 5.78 Å². The molecule has 12 atom stereocenters. The number of aliphatic hydroxyl groups excluding tert-OH is 2. The first-order valence-corrected chi connectivity index (χ1v) is 13.9. The maximum absolute atomic E-state index is 13.3. The molecule has 192 valence electrons. The molecular formula is C29H46O5. The fourth-order valence-electron chi connectivity index (χ4n) is 9.47. The highest BCUT2D eigenvalue weighted by atomic mass is 16.6. The molecule has 1 saturated heterocycles. The van der Waals surface area contributed by atoms with Gasteiger partial charge in [0.05, 0.1) is 30.0 Å². The highest BCUT2D eigenvalue weighted by molar-refractivity contribution is 5.95. The van der Waals surface area contributed by atoms with Crippen LogP contribution in [0.3, 0.4) is 0 Å². The Morgan fingerprint density at radius 1 is 1.06 bits per heavy atom. The number of hydrogen-bond acceptors (Lipinski definition) is 5. The van der Waals surface area contributed by atoms with Gasteiger partial charge in [0.1, 0.15) is 0 Å². The molecule has 0 aromatic heterocycles. The van der Waals surface area contributed by atoms with E-state index in [1.165, 1.54) is 0 Å². The van der Waals surface area contributed by atoms with E-state index in [-0.39, 0.29) is 29.1 Å². The molecule has 3 saturated carbocycles. The number of ketones is 1. The van der Waals surface area contributed by atoms with E-state index in [1.807, 2.05) is 0 Å². The number of carbonyl (C=O) groups excluding carboxylic acids is 1. The van der Waals surface area contributed by atoms with Crippen LogP contribution in [0, 0.1) is 46.3 Å². The zero-order valence-corrected chi connectivity index (χ0v) is 22.0. The molecule has 0 radical (unpaired) electrons. The van der Waals surface area contributed by atoms with Gasteiger partial charge in [-0.05, 0) is 85.2 Å². The molecule has 5 nitrogen and oxygen atoms in total. The van der Waals surface area contributed by atoms with Crippen molar-refractivity contribution in [3.63, 3.8) is 0 Å². The minimum absolute atomic E-state index is 0.0298. The molecule has 2 unspecified atom stereocenters. The molecule has 0 amide bonds. The van der Waals surface area contributed by atoms with E-state index >= 15 is 0 Å². The van der Waals surface area contributed by atoms with Crippen LogP contribution in [0.15, 0.2) is 11.6 Å². The zero-order chi connectivity index (χ0) is 24.8. The molecule has 5 heteroatoms. The number of fused-ring (bicyclic) bond motifs is 5. The fourth-order valence-corrected chi connectivity index (χ4v) is 9.47. The highest BCUT2D eigenvalue weighted by Crippen LogP contribution is 2.68. The molecule has 4 fully saturated rings. The number of carbonyl (C=O) groups is 1. The Balaban J connectivity index is 1.43. The van der Waals surface area contributed by atoms with Gasteiger partial charge in [-0.2, -0.15) is 0 Å². The van der Waals surface area contributed by atoms with Gasteiger partial charge in [-0.1, -0.05) is 48.0 Å². The summed E-state index contributed by atoms with van der Waals surface area (Å²) in [4.78, 5) is 13.3. The average molecular weight is 475 g/mol. The maximum Gasteiger partial charge on any atom is 0.159 e. The molecule has 0 aromatic rings. The molecule has 5 aliphatic rings. The lowest BCUT2D eigenvalue weighted by molar-refractivity contribution is -0.153. The molecule has 0 aromatic carbocycles. The van der Waals surface area contributed by atoms with E-state index in [2.05, 4.69) is 41.5 Å². The fraction of sp³-hybridized carbons (Fsp3) is 0.897. The van der Waals surface area contributed by atoms with Gasteiger partial charge in [-0.15, -0.1) is 0 Å². The number of ether oxygens (including phenoxy) is 1. The quantitative estimate of drug-likeness (QED) is 0.518. The van der Waals surface area contributed by atoms with Gasteiger partial charge in [-0.3, -0.25) is 4.79 Å². The number of allylic oxidation sites excluding steroid dienone is 1. The maximum atomic E-state index is 13.3. The number of hydrogen-bond donors (Lipinski definition) is 3. The Morgan fingerprint density at radius 3 is 2.41 bits per heavy atom. The molecule has 1 aliphatic heterocycles. The SMILES string of the molecule is CC[C@@H](C(C)C)C1OC1[C@@H](C)[C@H]1CC[C@@]2(O)C3=CC(=O)[C@H]4C[C@@H](O)[C@@H](O)C[C@]4(C)[C@H]3CC[C@]12C. The third-order valence-corrected chi connectivity index (χ3v) is 11.7. The summed E-state index contributed by atoms with van der Waals surface area (Å²) in [7, 11) is 0. The molecular weight excluding hydrogens is 428 g/mol. The predicted octanol–water partition coefficient (Wildman–Crippen LogP) is 4.28. The summed E-state index contributed by atoms with van der Waals surface area (Å²) in [5.41, 5.74) is -0.741. The van der Waals surface area contributed by atoms with Crippen LogP contribution >= 0.6 is 0 Å². The Labute approximate surface area is 205 Å². The molecule has 4 aliphatic carbocycles. The first-order chi connectivity index (χ1) is 15.9. The minimum atomic E-state index is -0.980. The van der Waals surface area contributed by atoms with Gasteiger partial charge >= 0.3 is 0 Å². The van der Waals surface area contributed by atoms with Gasteiger partial charge in [0.25, 0.3) is 0 Å². The van der Waals surface area contributed by atoms with Crippen LogP contribution in [0.1, 0.15) is 86.5 Å². The van der Waals surface area contributed by atoms with Crippen LogP contribution in [-0.4, -0.2) is 51.1 Å². The van der Waals surface area contributed by atoms with E-state index in [1.54, 1.807) is 6.08 Å². The summed E-state index contributed by atoms with van der Waals surface area (Å²) in [6.07, 6.45) is 6.10. The monoisotopic (exact) mass is 474 g/mol. The van der Waals surface area contributed by atoms with E-state index in [0.29, 0.717) is 49.0 Å². The van der Waals surface area contributed by atoms with E-state index in [9.17, 15) is 20.1 Å². The summed E-state index contributed by atoms with van der Waals surface area (Å²) in [5.74, 6) is 1.77. The van der Waals surface area contributed by atoms with Crippen molar-refractivity contribution in [3.8, 4) is 0 Å². The summed E-state index contributed by atoms with van der Waals surface area (Å²) in [6.45, 7) is 13.5. The van der Waals surface area contributed by atoms with Crippen molar-refractivity contribution in [1.82, 2.24) is 0 Å². The third-order valence-electron chi connectivity index (χ3n) is 11.7. The van der Waals surface area contributed by atoms with Crippen LogP contribution in [0.4, 0.5) is 0 Å². The standard InChI is InChI=1S/C29H46O5/c1-7-17(15(2)3)26-25(34-26)16(4)18-9-11-29(33)20-12-22(30)21-13-23(31)24(32)14-27(21,5)19(20)8-10-28(18,29)6/h12,15-19,21,23-26,31-33H,7-11,13-14H2,1-6H3/t16-,17-,18+,19-,21+,23+,24-,25?,26?,27+,28+,29+/m0/s1. The lowest BCUT2D eigenvalue weighted by atomic mass is 9.46. The third kappa shape index (κ3) is 3.29. The Kier molecular flexibility index (Phi) is 5.96. The second-order valence-corrected chi connectivity index (χ2v) is 13.4. The first kappa shape index (κ1) is 24.9. The van der Waals surface area contributed by atoms with Crippen molar-refractivity contribution in [2.75, 3.05) is 0 Å². The Hall–Kier alpha value is -0.750. The number of epoxide rings is 1. The van der Waals surface area contributed by atoms with Crippen LogP contribution in [0.2, 0.25) is 0 Å². The normalized spacial score (nSPS) is 51.9. The summed E-state index contributed by atoms with van der Waals surface area (Å²) in [5, 5.41) is 33.1. The first-order valence-electron chi connectivity index (χ1n) is 13.9. The summed E-state index contributed by atoms with van der Waals surface area (Å²) < 4.78 is 6.29. The van der Waals surface area contributed by atoms with Crippen molar-refractivity contribution in [2.24, 2.45) is 46.3 Å². The highest BCUT2D eigenvalue weighted by Gasteiger charge is 2.68. The van der Waals surface area contributed by atoms with E-state index in [0.717, 1.165) is 31.3 Å². The van der Waals surface area contributed by atoms with Crippen LogP contribution < -0.4 is 0 Å². The summed E-state index contributed by atoms with van der Waals surface area (Å²) in [6, 6.07) is 0. The van der Waals surface area contributed by atoms with Crippen molar-refractivity contribution in [2.45, 2.75) is 117 Å². The lowest BCUT2D eigenvalue weighted by Gasteiger charge is -2.60. The van der Waals surface area contributed by atoms with Crippen LogP contribution in [0.5, 0.6) is 0 Å². The largest absolute Gasteiger partial charge is 0.390 e. The average Bonchev–Trinajstić information content (AvgIpc) is 3.48. The zero-order valence-electron chi connectivity index (χ0n) is 22.0. The minimum Gasteiger partial charge on any atom is -0.390 e. The second kappa shape index (κ2) is 8.13. The molecule has 34 heavy (non-hydrogen) atoms. The molecule has 5 rings (SSSR count). The number of aliphatic hydroxyl groups is 3. The van der Waals surface area contributed by atoms with Gasteiger partial charge in [-0.25, -0.2) is 0 Å². The van der Waals surface area contributed by atoms with Crippen molar-refractivity contribution >= 4 is 5.78 Å². The smallest absolute Gasteiger partial charge is 0.159 e. The van der Waals surface area contributed by atoms with Crippen molar-refractivity contribution < 1.29 is 24.9 Å². The van der Waals surface area contributed by atoms with Crippen molar-refractivity contribution in [3.05, 3.63) is 11.6 Å². The Bertz CT molecular complexity index is 867. The second-order valence-electron chi connectivity index (χ2n) is 13.4. The van der Waals surface area contributed by atoms with Gasteiger partial charge < -0.3 is 20.1 Å².